The van der Waals surface area contributed by atoms with E-state index in [0.29, 0.717) is 17.7 Å². The predicted molar refractivity (Wildman–Crippen MR) is 161 cm³/mol. The van der Waals surface area contributed by atoms with Crippen LogP contribution in [0.3, 0.4) is 0 Å². The van der Waals surface area contributed by atoms with Gasteiger partial charge in [0.2, 0.25) is 5.91 Å². The number of nitrogens with zero attached hydrogens (tertiary/aromatic N) is 4. The molecule has 2 aliphatic carbocycles. The van der Waals surface area contributed by atoms with E-state index in [2.05, 4.69) is 49.7 Å². The van der Waals surface area contributed by atoms with Crippen LogP contribution in [0.2, 0.25) is 0 Å². The van der Waals surface area contributed by atoms with Gasteiger partial charge in [-0.25, -0.2) is 9.97 Å². The Kier molecular flexibility index (Phi) is 8.70. The van der Waals surface area contributed by atoms with Gasteiger partial charge in [0.15, 0.2) is 11.5 Å². The third kappa shape index (κ3) is 7.00. The minimum absolute atomic E-state index is 0.151. The zero-order valence-corrected chi connectivity index (χ0v) is 24.2. The van der Waals surface area contributed by atoms with Gasteiger partial charge in [-0.15, -0.1) is 0 Å². The molecule has 41 heavy (non-hydrogen) atoms. The summed E-state index contributed by atoms with van der Waals surface area (Å²) in [7, 11) is 0. The number of carbonyl (C=O) groups is 2. The molecule has 0 bridgehead atoms. The highest BCUT2D eigenvalue weighted by Gasteiger charge is 2.30. The summed E-state index contributed by atoms with van der Waals surface area (Å²) in [6.07, 6.45) is 14.8. The first-order valence-electron chi connectivity index (χ1n) is 15.8. The number of rotatable bonds is 10. The summed E-state index contributed by atoms with van der Waals surface area (Å²) in [6, 6.07) is 9.38. The Labute approximate surface area is 243 Å². The first-order valence-corrected chi connectivity index (χ1v) is 15.8. The van der Waals surface area contributed by atoms with Crippen molar-refractivity contribution in [3.05, 3.63) is 41.7 Å². The Morgan fingerprint density at radius 3 is 2.27 bits per heavy atom. The lowest BCUT2D eigenvalue weighted by Crippen LogP contribution is -2.39. The monoisotopic (exact) mass is 559 g/mol. The lowest BCUT2D eigenvalue weighted by atomic mass is 9.88. The maximum absolute atomic E-state index is 12.2. The van der Waals surface area contributed by atoms with Crippen molar-refractivity contribution in [2.45, 2.75) is 82.6 Å². The molecular weight excluding hydrogens is 514 g/mol. The summed E-state index contributed by atoms with van der Waals surface area (Å²) in [5.74, 6) is 2.24. The first kappa shape index (κ1) is 27.9. The highest BCUT2D eigenvalue weighted by atomic mass is 16.2. The third-order valence-electron chi connectivity index (χ3n) is 9.75. The van der Waals surface area contributed by atoms with Gasteiger partial charge in [-0.1, -0.05) is 25.0 Å². The fourth-order valence-electron chi connectivity index (χ4n) is 6.98. The molecule has 0 radical (unpaired) electrons. The van der Waals surface area contributed by atoms with Gasteiger partial charge in [0, 0.05) is 37.3 Å². The number of piperidine rings is 2. The fraction of sp³-hybridized carbons (Fsp3) is 0.625. The molecule has 9 heteroatoms. The summed E-state index contributed by atoms with van der Waals surface area (Å²) in [5.41, 5.74) is 8.06. The first-order chi connectivity index (χ1) is 20.0. The number of hydrogen-bond acceptors (Lipinski definition) is 7. The molecule has 2 saturated heterocycles. The van der Waals surface area contributed by atoms with E-state index in [4.69, 9.17) is 10.7 Å². The van der Waals surface area contributed by atoms with Crippen LogP contribution in [0.5, 0.6) is 0 Å². The smallest absolute Gasteiger partial charge is 0.271 e. The number of carbonyl (C=O) groups excluding carboxylic acids is 2. The number of primary amides is 1. The number of benzene rings is 1. The quantitative estimate of drug-likeness (QED) is 0.390. The second-order valence-electron chi connectivity index (χ2n) is 12.6. The van der Waals surface area contributed by atoms with E-state index in [0.717, 1.165) is 69.3 Å². The Balaban J connectivity index is 1.03. The second-order valence-corrected chi connectivity index (χ2v) is 12.6. The molecule has 2 saturated carbocycles. The number of hydrogen-bond donors (Lipinski definition) is 3. The van der Waals surface area contributed by atoms with Gasteiger partial charge < -0.3 is 26.2 Å². The van der Waals surface area contributed by atoms with Gasteiger partial charge in [0.1, 0.15) is 5.82 Å². The lowest BCUT2D eigenvalue weighted by Gasteiger charge is -2.36. The summed E-state index contributed by atoms with van der Waals surface area (Å²) >= 11 is 0. The summed E-state index contributed by atoms with van der Waals surface area (Å²) < 4.78 is 0. The van der Waals surface area contributed by atoms with Crippen LogP contribution in [0.1, 0.15) is 92.6 Å². The third-order valence-corrected chi connectivity index (χ3v) is 9.75. The maximum atomic E-state index is 12.2. The molecule has 4 N–H and O–H groups in total. The second kappa shape index (κ2) is 12.8. The SMILES string of the molecule is NC(=O)c1ncc(N2CCC(CCNC(=O)C3CC3)CC2)nc1Nc1ccc(C2CCN(C3CCCC3)CC2)cc1. The normalized spacial score (nSPS) is 21.2. The average Bonchev–Trinajstić information content (AvgIpc) is 3.71. The molecule has 6 rings (SSSR count). The van der Waals surface area contributed by atoms with Crippen molar-refractivity contribution in [1.82, 2.24) is 20.2 Å². The zero-order valence-electron chi connectivity index (χ0n) is 24.2. The van der Waals surface area contributed by atoms with Gasteiger partial charge in [0.05, 0.1) is 6.20 Å². The molecule has 0 spiro atoms. The molecule has 220 valence electrons. The Hall–Kier alpha value is -3.20. The van der Waals surface area contributed by atoms with Crippen LogP contribution in [-0.4, -0.2) is 65.4 Å². The fourth-order valence-corrected chi connectivity index (χ4v) is 6.98. The number of likely N-dealkylation sites (tertiary alicyclic amines) is 1. The lowest BCUT2D eigenvalue weighted by molar-refractivity contribution is -0.122. The van der Waals surface area contributed by atoms with Crippen molar-refractivity contribution < 1.29 is 9.59 Å². The molecule has 0 unspecified atom stereocenters. The number of amides is 2. The van der Waals surface area contributed by atoms with Gasteiger partial charge in [0.25, 0.3) is 5.91 Å². The van der Waals surface area contributed by atoms with Crippen molar-refractivity contribution in [3.63, 3.8) is 0 Å². The van der Waals surface area contributed by atoms with E-state index < -0.39 is 5.91 Å². The topological polar surface area (TPSA) is 116 Å². The molecule has 3 heterocycles. The molecule has 4 aliphatic rings. The number of nitrogens with one attached hydrogen (secondary N) is 2. The zero-order chi connectivity index (χ0) is 28.2. The van der Waals surface area contributed by atoms with Crippen molar-refractivity contribution in [2.24, 2.45) is 17.6 Å². The maximum Gasteiger partial charge on any atom is 0.271 e. The largest absolute Gasteiger partial charge is 0.364 e. The van der Waals surface area contributed by atoms with Crippen LogP contribution < -0.4 is 21.3 Å². The average molecular weight is 560 g/mol. The molecule has 2 aliphatic heterocycles. The van der Waals surface area contributed by atoms with E-state index in [1.54, 1.807) is 6.20 Å². The number of nitrogens with two attached hydrogens (primary N) is 1. The van der Waals surface area contributed by atoms with E-state index in [1.807, 2.05) is 0 Å². The molecule has 1 aromatic carbocycles. The van der Waals surface area contributed by atoms with Gasteiger partial charge >= 0.3 is 0 Å². The van der Waals surface area contributed by atoms with Crippen molar-refractivity contribution in [2.75, 3.05) is 42.9 Å². The van der Waals surface area contributed by atoms with Crippen LogP contribution >= 0.6 is 0 Å². The standard InChI is InChI=1S/C32H45N7O2/c33-30(40)29-31(36-26-9-7-23(8-10-26)24-14-19-38(20-15-24)27-3-1-2-4-27)37-28(21-35-29)39-17-12-22(13-18-39)11-16-34-32(41)25-5-6-25/h7-10,21-22,24-25,27H,1-6,11-20H2,(H2,33,40)(H,34,41)(H,36,37). The highest BCUT2D eigenvalue weighted by Crippen LogP contribution is 2.34. The Bertz CT molecular complexity index is 1190. The van der Waals surface area contributed by atoms with Gasteiger partial charge in [-0.05, 0) is 100 Å². The van der Waals surface area contributed by atoms with Crippen LogP contribution in [0, 0.1) is 11.8 Å². The number of aromatic nitrogens is 2. The summed E-state index contributed by atoms with van der Waals surface area (Å²) in [6.45, 7) is 4.92. The molecule has 2 amide bonds. The Morgan fingerprint density at radius 1 is 0.902 bits per heavy atom. The minimum Gasteiger partial charge on any atom is -0.364 e. The van der Waals surface area contributed by atoms with Crippen LogP contribution in [0.4, 0.5) is 17.3 Å². The highest BCUT2D eigenvalue weighted by molar-refractivity contribution is 5.96. The van der Waals surface area contributed by atoms with E-state index >= 15 is 0 Å². The van der Waals surface area contributed by atoms with Crippen molar-refractivity contribution in [1.29, 1.82) is 0 Å². The van der Waals surface area contributed by atoms with Crippen LogP contribution in [0.15, 0.2) is 30.5 Å². The van der Waals surface area contributed by atoms with Gasteiger partial charge in [-0.2, -0.15) is 0 Å². The summed E-state index contributed by atoms with van der Waals surface area (Å²) in [5, 5.41) is 6.41. The molecule has 0 atom stereocenters. The minimum atomic E-state index is -0.593. The van der Waals surface area contributed by atoms with Gasteiger partial charge in [-0.3, -0.25) is 9.59 Å². The van der Waals surface area contributed by atoms with Crippen LogP contribution in [0.25, 0.3) is 0 Å². The predicted octanol–water partition coefficient (Wildman–Crippen LogP) is 4.57. The van der Waals surface area contributed by atoms with E-state index in [9.17, 15) is 9.59 Å². The molecular formula is C32H45N7O2. The Morgan fingerprint density at radius 2 is 1.61 bits per heavy atom. The number of anilines is 3. The summed E-state index contributed by atoms with van der Waals surface area (Å²) in [4.78, 5) is 38.2. The van der Waals surface area contributed by atoms with Crippen LogP contribution in [-0.2, 0) is 4.79 Å². The molecule has 9 nitrogen and oxygen atoms in total. The van der Waals surface area contributed by atoms with Crippen molar-refractivity contribution in [3.8, 4) is 0 Å². The van der Waals surface area contributed by atoms with Crippen molar-refractivity contribution >= 4 is 29.1 Å². The molecule has 2 aromatic rings. The molecule has 1 aromatic heterocycles. The van der Waals surface area contributed by atoms with E-state index in [1.165, 1.54) is 57.2 Å². The van der Waals surface area contributed by atoms with E-state index in [-0.39, 0.29) is 17.5 Å². The molecule has 4 fully saturated rings.